The van der Waals surface area contributed by atoms with Gasteiger partial charge in [0.25, 0.3) is 0 Å². The van der Waals surface area contributed by atoms with Crippen molar-refractivity contribution in [3.05, 3.63) is 11.4 Å². The highest BCUT2D eigenvalue weighted by Crippen LogP contribution is 2.19. The Hall–Kier alpha value is -2.42. The Kier molecular flexibility index (Phi) is 6.13. The number of rotatable bonds is 6. The number of amides is 3. The summed E-state index contributed by atoms with van der Waals surface area (Å²) in [7, 11) is 1.52. The predicted molar refractivity (Wildman–Crippen MR) is 93.1 cm³/mol. The molecule has 25 heavy (non-hydrogen) atoms. The zero-order valence-electron chi connectivity index (χ0n) is 15.2. The van der Waals surface area contributed by atoms with Crippen molar-refractivity contribution in [1.82, 2.24) is 25.3 Å². The minimum absolute atomic E-state index is 0.0292. The summed E-state index contributed by atoms with van der Waals surface area (Å²) in [6.07, 6.45) is 0.0292. The second-order valence-electron chi connectivity index (χ2n) is 6.06. The van der Waals surface area contributed by atoms with Crippen LogP contribution in [0.4, 0.5) is 5.69 Å². The van der Waals surface area contributed by atoms with Crippen LogP contribution < -0.4 is 16.0 Å². The molecule has 9 heteroatoms. The van der Waals surface area contributed by atoms with Gasteiger partial charge in [0.2, 0.25) is 17.7 Å². The summed E-state index contributed by atoms with van der Waals surface area (Å²) < 4.78 is 1.83. The first-order valence-electron chi connectivity index (χ1n) is 8.43. The maximum atomic E-state index is 12.5. The molecular weight excluding hydrogens is 324 g/mol. The fourth-order valence-corrected chi connectivity index (χ4v) is 3.00. The molecule has 2 rings (SSSR count). The third-order valence-electron chi connectivity index (χ3n) is 4.39. The molecule has 1 saturated heterocycles. The number of aryl methyl sites for hydroxylation is 2. The first-order chi connectivity index (χ1) is 11.9. The predicted octanol–water partition coefficient (Wildman–Crippen LogP) is -0.605. The second kappa shape index (κ2) is 8.11. The Balaban J connectivity index is 2.06. The van der Waals surface area contributed by atoms with Crippen molar-refractivity contribution in [3.63, 3.8) is 0 Å². The highest BCUT2D eigenvalue weighted by atomic mass is 16.2. The molecule has 0 aliphatic carbocycles. The lowest BCUT2D eigenvalue weighted by molar-refractivity contribution is -0.135. The van der Waals surface area contributed by atoms with E-state index in [1.54, 1.807) is 4.90 Å². The van der Waals surface area contributed by atoms with Crippen molar-refractivity contribution in [1.29, 1.82) is 0 Å². The van der Waals surface area contributed by atoms with E-state index in [2.05, 4.69) is 21.0 Å². The molecule has 3 N–H and O–H groups in total. The molecule has 0 bridgehead atoms. The average Bonchev–Trinajstić information content (AvgIpc) is 2.85. The van der Waals surface area contributed by atoms with E-state index in [1.807, 2.05) is 25.5 Å². The van der Waals surface area contributed by atoms with Crippen molar-refractivity contribution in [3.8, 4) is 0 Å². The maximum Gasteiger partial charge on any atom is 0.238 e. The molecule has 1 aromatic heterocycles. The summed E-state index contributed by atoms with van der Waals surface area (Å²) in [5, 5.41) is 12.5. The molecule has 1 aliphatic heterocycles. The van der Waals surface area contributed by atoms with Crippen LogP contribution in [0.25, 0.3) is 0 Å². The quantitative estimate of drug-likeness (QED) is 0.635. The molecule has 1 aliphatic rings. The third kappa shape index (κ3) is 4.36. The van der Waals surface area contributed by atoms with Crippen molar-refractivity contribution >= 4 is 23.4 Å². The van der Waals surface area contributed by atoms with Gasteiger partial charge in [-0.2, -0.15) is 5.10 Å². The SMILES string of the molecule is CCn1nc(C)c(NC(=O)CN2CCNC(=O)C2CC(=O)NC)c1C. The minimum Gasteiger partial charge on any atom is -0.359 e. The van der Waals surface area contributed by atoms with Gasteiger partial charge in [0.15, 0.2) is 0 Å². The lowest BCUT2D eigenvalue weighted by Crippen LogP contribution is -2.57. The van der Waals surface area contributed by atoms with Crippen LogP contribution in [0, 0.1) is 13.8 Å². The highest BCUT2D eigenvalue weighted by molar-refractivity contribution is 5.94. The number of anilines is 1. The Morgan fingerprint density at radius 2 is 2.04 bits per heavy atom. The molecule has 138 valence electrons. The topological polar surface area (TPSA) is 108 Å². The van der Waals surface area contributed by atoms with Gasteiger partial charge in [-0.3, -0.25) is 24.0 Å². The monoisotopic (exact) mass is 350 g/mol. The fraction of sp³-hybridized carbons (Fsp3) is 0.625. The Labute approximate surface area is 147 Å². The van der Waals surface area contributed by atoms with Gasteiger partial charge in [0, 0.05) is 26.7 Å². The summed E-state index contributed by atoms with van der Waals surface area (Å²) in [6.45, 7) is 7.49. The molecule has 0 radical (unpaired) electrons. The molecule has 0 aromatic carbocycles. The molecule has 1 atom stereocenters. The minimum atomic E-state index is -0.639. The van der Waals surface area contributed by atoms with E-state index in [4.69, 9.17) is 0 Å². The Bertz CT molecular complexity index is 669. The van der Waals surface area contributed by atoms with Crippen LogP contribution in [0.5, 0.6) is 0 Å². The van der Waals surface area contributed by atoms with Crippen LogP contribution >= 0.6 is 0 Å². The van der Waals surface area contributed by atoms with Crippen LogP contribution in [-0.2, 0) is 20.9 Å². The van der Waals surface area contributed by atoms with Crippen LogP contribution in [-0.4, -0.2) is 65.1 Å². The van der Waals surface area contributed by atoms with Gasteiger partial charge >= 0.3 is 0 Å². The number of carbonyl (C=O) groups excluding carboxylic acids is 3. The number of hydrogen-bond donors (Lipinski definition) is 3. The molecule has 1 unspecified atom stereocenters. The molecule has 3 amide bonds. The summed E-state index contributed by atoms with van der Waals surface area (Å²) in [4.78, 5) is 37.9. The summed E-state index contributed by atoms with van der Waals surface area (Å²) in [6, 6.07) is -0.639. The van der Waals surface area contributed by atoms with Crippen molar-refractivity contribution in [2.75, 3.05) is 32.0 Å². The van der Waals surface area contributed by atoms with E-state index in [1.165, 1.54) is 7.05 Å². The average molecular weight is 350 g/mol. The molecule has 9 nitrogen and oxygen atoms in total. The molecule has 2 heterocycles. The van der Waals surface area contributed by atoms with E-state index in [0.717, 1.165) is 17.9 Å². The summed E-state index contributed by atoms with van der Waals surface area (Å²) in [5.74, 6) is -0.685. The third-order valence-corrected chi connectivity index (χ3v) is 4.39. The molecule has 0 saturated carbocycles. The van der Waals surface area contributed by atoms with Gasteiger partial charge in [0.05, 0.1) is 36.1 Å². The van der Waals surface area contributed by atoms with Gasteiger partial charge in [-0.1, -0.05) is 0 Å². The van der Waals surface area contributed by atoms with Gasteiger partial charge in [-0.15, -0.1) is 0 Å². The number of carbonyl (C=O) groups is 3. The van der Waals surface area contributed by atoms with Crippen molar-refractivity contribution in [2.45, 2.75) is 39.8 Å². The highest BCUT2D eigenvalue weighted by Gasteiger charge is 2.32. The largest absolute Gasteiger partial charge is 0.359 e. The van der Waals surface area contributed by atoms with Gasteiger partial charge in [-0.25, -0.2) is 0 Å². The first kappa shape index (κ1) is 18.9. The van der Waals surface area contributed by atoms with Crippen molar-refractivity contribution < 1.29 is 14.4 Å². The van der Waals surface area contributed by atoms with Gasteiger partial charge in [0.1, 0.15) is 0 Å². The number of nitrogens with zero attached hydrogens (tertiary/aromatic N) is 3. The lowest BCUT2D eigenvalue weighted by atomic mass is 10.1. The van der Waals surface area contributed by atoms with E-state index in [0.29, 0.717) is 18.8 Å². The standard InChI is InChI=1S/C16H26N6O3/c1-5-22-11(3)15(10(2)20-22)19-14(24)9-21-7-6-18-16(25)12(21)8-13(23)17-4/h12H,5-9H2,1-4H3,(H,17,23)(H,18,25)(H,19,24). The second-order valence-corrected chi connectivity index (χ2v) is 6.06. The summed E-state index contributed by atoms with van der Waals surface area (Å²) >= 11 is 0. The first-order valence-corrected chi connectivity index (χ1v) is 8.43. The molecular formula is C16H26N6O3. The Morgan fingerprint density at radius 1 is 1.32 bits per heavy atom. The van der Waals surface area contributed by atoms with E-state index >= 15 is 0 Å². The van der Waals surface area contributed by atoms with Crippen LogP contribution in [0.2, 0.25) is 0 Å². The molecule has 0 spiro atoms. The fourth-order valence-electron chi connectivity index (χ4n) is 3.00. The zero-order chi connectivity index (χ0) is 18.6. The van der Waals surface area contributed by atoms with Crippen LogP contribution in [0.3, 0.4) is 0 Å². The Morgan fingerprint density at radius 3 is 2.64 bits per heavy atom. The normalized spacial score (nSPS) is 17.9. The number of aromatic nitrogens is 2. The van der Waals surface area contributed by atoms with E-state index in [-0.39, 0.29) is 30.7 Å². The number of hydrogen-bond acceptors (Lipinski definition) is 5. The van der Waals surface area contributed by atoms with Crippen LogP contribution in [0.1, 0.15) is 24.7 Å². The summed E-state index contributed by atoms with van der Waals surface area (Å²) in [5.41, 5.74) is 2.36. The lowest BCUT2D eigenvalue weighted by Gasteiger charge is -2.34. The number of nitrogens with one attached hydrogen (secondary N) is 3. The maximum absolute atomic E-state index is 12.5. The zero-order valence-corrected chi connectivity index (χ0v) is 15.2. The molecule has 1 aromatic rings. The van der Waals surface area contributed by atoms with Crippen molar-refractivity contribution in [2.24, 2.45) is 0 Å². The van der Waals surface area contributed by atoms with E-state index < -0.39 is 6.04 Å². The van der Waals surface area contributed by atoms with Gasteiger partial charge < -0.3 is 16.0 Å². The van der Waals surface area contributed by atoms with Crippen LogP contribution in [0.15, 0.2) is 0 Å². The smallest absolute Gasteiger partial charge is 0.238 e. The number of piperazine rings is 1. The van der Waals surface area contributed by atoms with E-state index in [9.17, 15) is 14.4 Å². The van der Waals surface area contributed by atoms with Gasteiger partial charge in [-0.05, 0) is 20.8 Å². The molecule has 1 fully saturated rings.